The number of nitrogens with zero attached hydrogens (tertiary/aromatic N) is 1. The van der Waals surface area contributed by atoms with E-state index in [2.05, 4.69) is 10.3 Å². The number of aliphatic hydroxyl groups excluding tert-OH is 1. The largest absolute Gasteiger partial charge is 0.503 e. The molecule has 0 radical (unpaired) electrons. The minimum absolute atomic E-state index is 0.0223. The molecule has 4 unspecified atom stereocenters. The summed E-state index contributed by atoms with van der Waals surface area (Å²) in [5.41, 5.74) is 0.425. The Bertz CT molecular complexity index is 981. The van der Waals surface area contributed by atoms with Crippen LogP contribution in [0.2, 0.25) is 0 Å². The number of cyclic esters (lactones) is 2. The molecule has 1 aromatic heterocycles. The summed E-state index contributed by atoms with van der Waals surface area (Å²) in [7, 11) is 1.31. The summed E-state index contributed by atoms with van der Waals surface area (Å²) in [5.74, 6) is -3.98. The van der Waals surface area contributed by atoms with E-state index in [4.69, 9.17) is 14.2 Å². The lowest BCUT2D eigenvalue weighted by atomic mass is 9.91. The van der Waals surface area contributed by atoms with Crippen LogP contribution in [0.5, 0.6) is 11.5 Å². The number of amides is 1. The molecule has 1 saturated heterocycles. The molecule has 0 bridgehead atoms. The van der Waals surface area contributed by atoms with Crippen molar-refractivity contribution in [1.29, 1.82) is 0 Å². The molecule has 1 amide bonds. The van der Waals surface area contributed by atoms with Crippen LogP contribution < -0.4 is 10.1 Å². The summed E-state index contributed by atoms with van der Waals surface area (Å²) in [5, 5.41) is 23.1. The summed E-state index contributed by atoms with van der Waals surface area (Å²) in [6.45, 7) is 0.937. The van der Waals surface area contributed by atoms with Gasteiger partial charge < -0.3 is 29.7 Å². The van der Waals surface area contributed by atoms with Crippen molar-refractivity contribution in [2.45, 2.75) is 31.6 Å². The zero-order valence-corrected chi connectivity index (χ0v) is 17.6. The number of rotatable bonds is 5. The van der Waals surface area contributed by atoms with E-state index in [1.54, 1.807) is 24.3 Å². The fraction of sp³-hybridized carbons (Fsp3) is 0.364. The minimum Gasteiger partial charge on any atom is -0.503 e. The van der Waals surface area contributed by atoms with Crippen LogP contribution in [0.25, 0.3) is 0 Å². The average Bonchev–Trinajstić information content (AvgIpc) is 2.82. The maximum atomic E-state index is 12.7. The first-order chi connectivity index (χ1) is 15.3. The molecule has 170 valence electrons. The van der Waals surface area contributed by atoms with E-state index >= 15 is 0 Å². The van der Waals surface area contributed by atoms with Crippen LogP contribution in [-0.4, -0.2) is 65.0 Å². The van der Waals surface area contributed by atoms with Gasteiger partial charge in [-0.05, 0) is 18.9 Å². The van der Waals surface area contributed by atoms with E-state index in [-0.39, 0.29) is 17.9 Å². The highest BCUT2D eigenvalue weighted by atomic mass is 16.6. The molecule has 3 N–H and O–H groups in total. The molecule has 0 aliphatic carbocycles. The first kappa shape index (κ1) is 23.0. The van der Waals surface area contributed by atoms with Crippen LogP contribution in [0.1, 0.15) is 23.0 Å². The average molecular weight is 444 g/mol. The number of aliphatic hydroxyl groups is 1. The number of esters is 2. The summed E-state index contributed by atoms with van der Waals surface area (Å²) in [6.07, 6.45) is -0.919. The Hall–Kier alpha value is -3.66. The highest BCUT2D eigenvalue weighted by Crippen LogP contribution is 2.27. The van der Waals surface area contributed by atoms with Gasteiger partial charge in [0.25, 0.3) is 5.91 Å². The van der Waals surface area contributed by atoms with E-state index < -0.39 is 54.4 Å². The molecule has 1 fully saturated rings. The topological polar surface area (TPSA) is 144 Å². The number of methoxy groups -OCH3 is 1. The zero-order chi connectivity index (χ0) is 23.3. The Morgan fingerprint density at radius 2 is 1.94 bits per heavy atom. The fourth-order valence-electron chi connectivity index (χ4n) is 3.31. The van der Waals surface area contributed by atoms with Gasteiger partial charge in [0.05, 0.1) is 13.0 Å². The van der Waals surface area contributed by atoms with Gasteiger partial charge in [-0.3, -0.25) is 9.59 Å². The predicted molar refractivity (Wildman–Crippen MR) is 110 cm³/mol. The fourth-order valence-corrected chi connectivity index (χ4v) is 3.31. The molecule has 2 aromatic rings. The molecular weight excluding hydrogens is 420 g/mol. The predicted octanol–water partition coefficient (Wildman–Crippen LogP) is 0.602. The van der Waals surface area contributed by atoms with Crippen LogP contribution in [0.15, 0.2) is 42.6 Å². The number of benzene rings is 1. The van der Waals surface area contributed by atoms with Crippen LogP contribution in [-0.2, 0) is 25.5 Å². The van der Waals surface area contributed by atoms with Crippen molar-refractivity contribution in [3.8, 4) is 11.5 Å². The zero-order valence-electron chi connectivity index (χ0n) is 17.6. The Morgan fingerprint density at radius 3 is 2.62 bits per heavy atom. The van der Waals surface area contributed by atoms with Crippen molar-refractivity contribution >= 4 is 17.8 Å². The van der Waals surface area contributed by atoms with E-state index in [0.29, 0.717) is 0 Å². The van der Waals surface area contributed by atoms with Gasteiger partial charge in [-0.25, -0.2) is 9.78 Å². The quantitative estimate of drug-likeness (QED) is 0.565. The molecule has 4 atom stereocenters. The van der Waals surface area contributed by atoms with Crippen molar-refractivity contribution in [3.63, 3.8) is 0 Å². The summed E-state index contributed by atoms with van der Waals surface area (Å²) < 4.78 is 15.5. The first-order valence-electron chi connectivity index (χ1n) is 9.93. The minimum atomic E-state index is -1.37. The van der Waals surface area contributed by atoms with E-state index in [1.165, 1.54) is 26.3 Å². The number of aromatic nitrogens is 1. The summed E-state index contributed by atoms with van der Waals surface area (Å²) in [4.78, 5) is 41.6. The summed E-state index contributed by atoms with van der Waals surface area (Å²) in [6, 6.07) is 9.04. The molecule has 1 aliphatic heterocycles. The van der Waals surface area contributed by atoms with Crippen LogP contribution in [0, 0.1) is 5.92 Å². The number of aromatic hydroxyl groups is 1. The van der Waals surface area contributed by atoms with Gasteiger partial charge in [-0.1, -0.05) is 30.3 Å². The number of hydrogen-bond donors (Lipinski definition) is 3. The molecule has 1 aromatic carbocycles. The lowest BCUT2D eigenvalue weighted by Gasteiger charge is -2.25. The van der Waals surface area contributed by atoms with Gasteiger partial charge in [0.2, 0.25) is 0 Å². The number of ether oxygens (including phenoxy) is 3. The van der Waals surface area contributed by atoms with E-state index in [9.17, 15) is 24.6 Å². The highest BCUT2D eigenvalue weighted by molar-refractivity contribution is 5.98. The third-order valence-electron chi connectivity index (χ3n) is 5.10. The van der Waals surface area contributed by atoms with Crippen molar-refractivity contribution in [2.24, 2.45) is 5.92 Å². The van der Waals surface area contributed by atoms with Gasteiger partial charge in [0, 0.05) is 12.3 Å². The van der Waals surface area contributed by atoms with Gasteiger partial charge in [-0.2, -0.15) is 0 Å². The van der Waals surface area contributed by atoms with E-state index in [0.717, 1.165) is 5.56 Å². The van der Waals surface area contributed by atoms with Gasteiger partial charge >= 0.3 is 11.9 Å². The van der Waals surface area contributed by atoms with Crippen molar-refractivity contribution < 1.29 is 38.8 Å². The number of carbonyl (C=O) groups excluding carboxylic acids is 3. The Kier molecular flexibility index (Phi) is 7.26. The number of hydrogen-bond acceptors (Lipinski definition) is 9. The molecule has 0 spiro atoms. The lowest BCUT2D eigenvalue weighted by Crippen LogP contribution is -2.46. The standard InChI is InChI=1S/C22H24N2O8/c1-12-18(25)14(10-13-6-4-3-5-7-13)21(28)31-11-15(22(29)32-12)24-20(27)17-19(26)16(30-2)8-9-23-17/h3-9,12,14-15,18,25-26H,10-11H2,1-2H3,(H,24,27). The normalized spacial score (nSPS) is 23.7. The van der Waals surface area contributed by atoms with E-state index in [1.807, 2.05) is 6.07 Å². The third kappa shape index (κ3) is 5.14. The molecule has 0 saturated carbocycles. The lowest BCUT2D eigenvalue weighted by molar-refractivity contribution is -0.159. The SMILES string of the molecule is COc1ccnc(C(=O)NC2COC(=O)C(Cc3ccccc3)C(O)C(C)OC2=O)c1O. The van der Waals surface area contributed by atoms with Crippen molar-refractivity contribution in [1.82, 2.24) is 10.3 Å². The molecule has 2 heterocycles. The van der Waals surface area contributed by atoms with Crippen LogP contribution >= 0.6 is 0 Å². The Labute approximate surface area is 184 Å². The van der Waals surface area contributed by atoms with Crippen molar-refractivity contribution in [3.05, 3.63) is 53.9 Å². The number of nitrogens with one attached hydrogen (secondary N) is 1. The first-order valence-corrected chi connectivity index (χ1v) is 9.93. The second-order valence-electron chi connectivity index (χ2n) is 7.30. The molecular formula is C22H24N2O8. The second-order valence-corrected chi connectivity index (χ2v) is 7.30. The molecule has 32 heavy (non-hydrogen) atoms. The molecule has 3 rings (SSSR count). The molecule has 10 nitrogen and oxygen atoms in total. The highest BCUT2D eigenvalue weighted by Gasteiger charge is 2.38. The maximum absolute atomic E-state index is 12.7. The molecule has 1 aliphatic rings. The van der Waals surface area contributed by atoms with Crippen molar-refractivity contribution in [2.75, 3.05) is 13.7 Å². The van der Waals surface area contributed by atoms with Gasteiger partial charge in [-0.15, -0.1) is 0 Å². The smallest absolute Gasteiger partial charge is 0.332 e. The monoisotopic (exact) mass is 444 g/mol. The maximum Gasteiger partial charge on any atom is 0.332 e. The summed E-state index contributed by atoms with van der Waals surface area (Å²) >= 11 is 0. The van der Waals surface area contributed by atoms with Crippen LogP contribution in [0.4, 0.5) is 0 Å². The van der Waals surface area contributed by atoms with Gasteiger partial charge in [0.15, 0.2) is 23.2 Å². The molecule has 10 heteroatoms. The number of carbonyl (C=O) groups is 3. The Balaban J connectivity index is 1.77. The Morgan fingerprint density at radius 1 is 1.22 bits per heavy atom. The van der Waals surface area contributed by atoms with Crippen LogP contribution in [0.3, 0.4) is 0 Å². The number of pyridine rings is 1. The second kappa shape index (κ2) is 10.1. The third-order valence-corrected chi connectivity index (χ3v) is 5.10. The van der Waals surface area contributed by atoms with Gasteiger partial charge in [0.1, 0.15) is 18.8 Å².